The number of nitrogens with two attached hydrogens (primary N) is 1. The molecule has 1 aromatic carbocycles. The van der Waals surface area contributed by atoms with Crippen molar-refractivity contribution in [2.75, 3.05) is 13.1 Å². The van der Waals surface area contributed by atoms with Crippen LogP contribution in [-0.2, 0) is 17.8 Å². The molecule has 1 aliphatic rings. The number of likely N-dealkylation sites (tertiary alicyclic amines) is 1. The van der Waals surface area contributed by atoms with E-state index in [0.717, 1.165) is 49.4 Å². The Morgan fingerprint density at radius 1 is 1.18 bits per heavy atom. The molecule has 1 fully saturated rings. The topological polar surface area (TPSA) is 106 Å². The van der Waals surface area contributed by atoms with Crippen molar-refractivity contribution in [3.05, 3.63) is 64.1 Å². The summed E-state index contributed by atoms with van der Waals surface area (Å²) in [6.45, 7) is 8.87. The molecule has 2 aromatic heterocycles. The Bertz CT molecular complexity index is 1180. The second-order valence-electron chi connectivity index (χ2n) is 9.03. The fraction of sp³-hybridized carbons (Fsp3) is 0.440. The monoisotopic (exact) mass is 448 g/mol. The van der Waals surface area contributed by atoms with Crippen LogP contribution in [-0.4, -0.2) is 50.4 Å². The minimum Gasteiger partial charge on any atom is -0.365 e. The molecule has 3 heterocycles. The molecule has 0 unspecified atom stereocenters. The Balaban J connectivity index is 1.29. The molecule has 0 aliphatic carbocycles. The second-order valence-corrected chi connectivity index (χ2v) is 9.03. The lowest BCUT2D eigenvalue weighted by molar-refractivity contribution is -0.122. The molecule has 174 valence electrons. The SMILES string of the molecule is Cc1cccc(CN2CCC(NC(=O)CCc3c(C)nc4c(C(N)=O)cnn4c3C)CC2)c1. The number of carbonyl (C=O) groups excluding carboxylic acids is 2. The van der Waals surface area contributed by atoms with Gasteiger partial charge < -0.3 is 11.1 Å². The van der Waals surface area contributed by atoms with E-state index in [9.17, 15) is 9.59 Å². The summed E-state index contributed by atoms with van der Waals surface area (Å²) in [5.74, 6) is -0.488. The normalized spacial score (nSPS) is 15.1. The van der Waals surface area contributed by atoms with Gasteiger partial charge in [-0.2, -0.15) is 5.10 Å². The predicted octanol–water partition coefficient (Wildman–Crippen LogP) is 2.47. The van der Waals surface area contributed by atoms with Crippen LogP contribution in [0.5, 0.6) is 0 Å². The van der Waals surface area contributed by atoms with Crippen molar-refractivity contribution >= 4 is 17.5 Å². The van der Waals surface area contributed by atoms with Gasteiger partial charge in [-0.3, -0.25) is 14.5 Å². The van der Waals surface area contributed by atoms with Gasteiger partial charge in [0, 0.05) is 43.5 Å². The number of hydrogen-bond donors (Lipinski definition) is 2. The highest BCUT2D eigenvalue weighted by Crippen LogP contribution is 2.19. The van der Waals surface area contributed by atoms with E-state index in [4.69, 9.17) is 5.73 Å². The lowest BCUT2D eigenvalue weighted by Gasteiger charge is -2.32. The molecule has 0 radical (unpaired) electrons. The van der Waals surface area contributed by atoms with Gasteiger partial charge in [0.2, 0.25) is 5.91 Å². The molecule has 0 atom stereocenters. The van der Waals surface area contributed by atoms with Crippen molar-refractivity contribution < 1.29 is 9.59 Å². The molecule has 0 saturated carbocycles. The number of hydrogen-bond acceptors (Lipinski definition) is 5. The van der Waals surface area contributed by atoms with Crippen LogP contribution in [0, 0.1) is 20.8 Å². The van der Waals surface area contributed by atoms with Crippen LogP contribution >= 0.6 is 0 Å². The highest BCUT2D eigenvalue weighted by Gasteiger charge is 2.22. The first-order valence-corrected chi connectivity index (χ1v) is 11.5. The quantitative estimate of drug-likeness (QED) is 0.578. The summed E-state index contributed by atoms with van der Waals surface area (Å²) in [6, 6.07) is 8.86. The van der Waals surface area contributed by atoms with E-state index in [1.54, 1.807) is 4.52 Å². The molecule has 0 spiro atoms. The lowest BCUT2D eigenvalue weighted by Crippen LogP contribution is -2.44. The van der Waals surface area contributed by atoms with Gasteiger partial charge in [-0.25, -0.2) is 9.50 Å². The van der Waals surface area contributed by atoms with Crippen LogP contribution in [0.2, 0.25) is 0 Å². The molecule has 4 rings (SSSR count). The zero-order valence-corrected chi connectivity index (χ0v) is 19.6. The fourth-order valence-electron chi connectivity index (χ4n) is 4.69. The number of rotatable bonds is 7. The maximum absolute atomic E-state index is 12.6. The number of fused-ring (bicyclic) bond motifs is 1. The number of primary amides is 1. The number of aromatic nitrogens is 3. The summed E-state index contributed by atoms with van der Waals surface area (Å²) in [4.78, 5) is 31.2. The van der Waals surface area contributed by atoms with E-state index in [0.29, 0.717) is 24.1 Å². The maximum atomic E-state index is 12.6. The van der Waals surface area contributed by atoms with Crippen LogP contribution in [0.4, 0.5) is 0 Å². The van der Waals surface area contributed by atoms with E-state index < -0.39 is 5.91 Å². The van der Waals surface area contributed by atoms with Gasteiger partial charge in [0.15, 0.2) is 5.65 Å². The van der Waals surface area contributed by atoms with Crippen LogP contribution in [0.15, 0.2) is 30.5 Å². The number of nitrogens with one attached hydrogen (secondary N) is 1. The Morgan fingerprint density at radius 2 is 1.94 bits per heavy atom. The third-order valence-electron chi connectivity index (χ3n) is 6.52. The van der Waals surface area contributed by atoms with Gasteiger partial charge in [-0.05, 0) is 51.2 Å². The van der Waals surface area contributed by atoms with Gasteiger partial charge in [-0.1, -0.05) is 29.8 Å². The second kappa shape index (κ2) is 9.70. The van der Waals surface area contributed by atoms with Gasteiger partial charge in [0.25, 0.3) is 5.91 Å². The summed E-state index contributed by atoms with van der Waals surface area (Å²) < 4.78 is 1.63. The van der Waals surface area contributed by atoms with Gasteiger partial charge in [0.1, 0.15) is 5.56 Å². The molecule has 3 N–H and O–H groups in total. The summed E-state index contributed by atoms with van der Waals surface area (Å²) in [6.07, 6.45) is 4.34. The third-order valence-corrected chi connectivity index (χ3v) is 6.52. The first-order valence-electron chi connectivity index (χ1n) is 11.5. The Labute approximate surface area is 194 Å². The number of benzene rings is 1. The minimum absolute atomic E-state index is 0.0596. The molecule has 8 nitrogen and oxygen atoms in total. The summed E-state index contributed by atoms with van der Waals surface area (Å²) in [7, 11) is 0. The van der Waals surface area contributed by atoms with Crippen molar-refractivity contribution in [3.8, 4) is 0 Å². The molecule has 2 amide bonds. The molecule has 8 heteroatoms. The van der Waals surface area contributed by atoms with Crippen molar-refractivity contribution in [1.82, 2.24) is 24.8 Å². The maximum Gasteiger partial charge on any atom is 0.254 e. The molecule has 3 aromatic rings. The first-order chi connectivity index (χ1) is 15.8. The largest absolute Gasteiger partial charge is 0.365 e. The van der Waals surface area contributed by atoms with Crippen molar-refractivity contribution in [3.63, 3.8) is 0 Å². The van der Waals surface area contributed by atoms with E-state index in [1.165, 1.54) is 17.3 Å². The molecule has 1 saturated heterocycles. The average Bonchev–Trinajstić information content (AvgIpc) is 3.19. The van der Waals surface area contributed by atoms with Crippen LogP contribution in [0.1, 0.15) is 57.7 Å². The Kier molecular flexibility index (Phi) is 6.74. The zero-order valence-electron chi connectivity index (χ0n) is 19.6. The third kappa shape index (κ3) is 5.22. The van der Waals surface area contributed by atoms with Crippen LogP contribution in [0.3, 0.4) is 0 Å². The molecule has 1 aliphatic heterocycles. The smallest absolute Gasteiger partial charge is 0.254 e. The molecule has 0 bridgehead atoms. The zero-order chi connectivity index (χ0) is 23.5. The van der Waals surface area contributed by atoms with Crippen LogP contribution < -0.4 is 11.1 Å². The lowest BCUT2D eigenvalue weighted by atomic mass is 10.0. The van der Waals surface area contributed by atoms with E-state index in [2.05, 4.69) is 51.5 Å². The molecular formula is C25H32N6O2. The number of carbonyl (C=O) groups is 2. The molecular weight excluding hydrogens is 416 g/mol. The summed E-state index contributed by atoms with van der Waals surface area (Å²) in [5, 5.41) is 7.46. The van der Waals surface area contributed by atoms with E-state index in [1.807, 2.05) is 13.8 Å². The Hall–Kier alpha value is -3.26. The van der Waals surface area contributed by atoms with E-state index in [-0.39, 0.29) is 11.9 Å². The van der Waals surface area contributed by atoms with Gasteiger partial charge in [-0.15, -0.1) is 0 Å². The fourth-order valence-corrected chi connectivity index (χ4v) is 4.69. The number of piperidine rings is 1. The Morgan fingerprint density at radius 3 is 2.64 bits per heavy atom. The van der Waals surface area contributed by atoms with E-state index >= 15 is 0 Å². The number of amides is 2. The summed E-state index contributed by atoms with van der Waals surface area (Å²) >= 11 is 0. The minimum atomic E-state index is -0.548. The number of aryl methyl sites for hydroxylation is 3. The highest BCUT2D eigenvalue weighted by atomic mass is 16.2. The highest BCUT2D eigenvalue weighted by molar-refractivity contribution is 5.98. The standard InChI is InChI=1S/C25H32N6O2/c1-16-5-4-6-19(13-16)15-30-11-9-20(10-12-30)29-23(32)8-7-21-17(2)28-25-22(24(26)33)14-27-31(25)18(21)3/h4-6,13-14,20H,7-12,15H2,1-3H3,(H2,26,33)(H,29,32). The van der Waals surface area contributed by atoms with Crippen molar-refractivity contribution in [1.29, 1.82) is 0 Å². The summed E-state index contributed by atoms with van der Waals surface area (Å²) in [5.41, 5.74) is 11.5. The van der Waals surface area contributed by atoms with Gasteiger partial charge in [0.05, 0.1) is 6.20 Å². The van der Waals surface area contributed by atoms with Crippen molar-refractivity contribution in [2.24, 2.45) is 5.73 Å². The predicted molar refractivity (Wildman–Crippen MR) is 127 cm³/mol. The average molecular weight is 449 g/mol. The van der Waals surface area contributed by atoms with Gasteiger partial charge >= 0.3 is 0 Å². The first kappa shape index (κ1) is 22.9. The van der Waals surface area contributed by atoms with Crippen LogP contribution in [0.25, 0.3) is 5.65 Å². The molecule has 33 heavy (non-hydrogen) atoms. The van der Waals surface area contributed by atoms with Crippen molar-refractivity contribution in [2.45, 2.75) is 59.0 Å². The number of nitrogens with zero attached hydrogens (tertiary/aromatic N) is 4.